The van der Waals surface area contributed by atoms with Crippen LogP contribution in [0.3, 0.4) is 0 Å². The van der Waals surface area contributed by atoms with Crippen molar-refractivity contribution in [2.75, 3.05) is 5.32 Å². The molecule has 1 aromatic heterocycles. The molecule has 2 aromatic carbocycles. The van der Waals surface area contributed by atoms with Gasteiger partial charge in [-0.3, -0.25) is 14.2 Å². The van der Waals surface area contributed by atoms with E-state index < -0.39 is 29.4 Å². The van der Waals surface area contributed by atoms with Gasteiger partial charge in [-0.1, -0.05) is 32.0 Å². The van der Waals surface area contributed by atoms with Crippen molar-refractivity contribution in [3.8, 4) is 0 Å². The number of anilines is 1. The summed E-state index contributed by atoms with van der Waals surface area (Å²) in [6.07, 6.45) is -4.14. The minimum absolute atomic E-state index is 0.0234. The minimum atomic E-state index is -4.94. The Kier molecular flexibility index (Phi) is 6.20. The number of rotatable bonds is 5. The second-order valence-electron chi connectivity index (χ2n) is 7.48. The summed E-state index contributed by atoms with van der Waals surface area (Å²) in [6.45, 7) is 7.14. The number of hydrogen-bond acceptors (Lipinski definition) is 3. The van der Waals surface area contributed by atoms with Crippen LogP contribution in [0.5, 0.6) is 0 Å². The first-order valence-electron chi connectivity index (χ1n) is 10.1. The highest BCUT2D eigenvalue weighted by molar-refractivity contribution is 5.95. The molecule has 0 radical (unpaired) electrons. The maximum absolute atomic E-state index is 13.6. The molecule has 31 heavy (non-hydrogen) atoms. The zero-order valence-electron chi connectivity index (χ0n) is 17.8. The molecule has 0 fully saturated rings. The van der Waals surface area contributed by atoms with E-state index in [9.17, 15) is 22.8 Å². The summed E-state index contributed by atoms with van der Waals surface area (Å²) in [7, 11) is 0. The quantitative estimate of drug-likeness (QED) is 0.605. The smallest absolute Gasteiger partial charge is 0.324 e. The van der Waals surface area contributed by atoms with E-state index in [2.05, 4.69) is 10.3 Å². The van der Waals surface area contributed by atoms with Gasteiger partial charge >= 0.3 is 6.18 Å². The van der Waals surface area contributed by atoms with E-state index in [0.717, 1.165) is 21.3 Å². The van der Waals surface area contributed by atoms with Crippen LogP contribution in [0, 0.1) is 13.8 Å². The van der Waals surface area contributed by atoms with Crippen molar-refractivity contribution >= 4 is 22.6 Å². The summed E-state index contributed by atoms with van der Waals surface area (Å²) in [4.78, 5) is 29.7. The van der Waals surface area contributed by atoms with Crippen LogP contribution < -0.4 is 10.9 Å². The summed E-state index contributed by atoms with van der Waals surface area (Å²) in [5.41, 5.74) is 0.365. The molecule has 5 nitrogen and oxygen atoms in total. The number of aromatic nitrogens is 2. The fourth-order valence-electron chi connectivity index (χ4n) is 3.61. The van der Waals surface area contributed by atoms with Gasteiger partial charge in [0, 0.05) is 5.69 Å². The van der Waals surface area contributed by atoms with Crippen LogP contribution in [-0.4, -0.2) is 15.5 Å². The first kappa shape index (κ1) is 22.5. The number of hydrogen-bond donors (Lipinski definition) is 1. The molecule has 0 spiro atoms. The third-order valence-electron chi connectivity index (χ3n) is 5.43. The lowest BCUT2D eigenvalue weighted by Gasteiger charge is -2.22. The minimum Gasteiger partial charge on any atom is -0.324 e. The van der Waals surface area contributed by atoms with Gasteiger partial charge in [-0.15, -0.1) is 0 Å². The monoisotopic (exact) mass is 431 g/mol. The van der Waals surface area contributed by atoms with Crippen LogP contribution >= 0.6 is 0 Å². The average molecular weight is 431 g/mol. The third-order valence-corrected chi connectivity index (χ3v) is 5.43. The molecule has 1 atom stereocenters. The van der Waals surface area contributed by atoms with Gasteiger partial charge in [-0.25, -0.2) is 4.98 Å². The molecule has 8 heteroatoms. The molecule has 3 aromatic rings. The molecule has 0 aliphatic carbocycles. The van der Waals surface area contributed by atoms with Gasteiger partial charge in [0.25, 0.3) is 5.56 Å². The van der Waals surface area contributed by atoms with Crippen molar-refractivity contribution < 1.29 is 18.0 Å². The Labute approximate surface area is 177 Å². The summed E-state index contributed by atoms with van der Waals surface area (Å²) in [5.74, 6) is -0.552. The zero-order valence-corrected chi connectivity index (χ0v) is 17.8. The molecule has 0 aliphatic heterocycles. The second-order valence-corrected chi connectivity index (χ2v) is 7.48. The molecule has 1 heterocycles. The number of carbonyl (C=O) groups is 1. The highest BCUT2D eigenvalue weighted by atomic mass is 19.4. The van der Waals surface area contributed by atoms with E-state index in [-0.39, 0.29) is 17.5 Å². The summed E-state index contributed by atoms with van der Waals surface area (Å²) < 4.78 is 41.7. The van der Waals surface area contributed by atoms with Crippen LogP contribution in [-0.2, 0) is 17.4 Å². The van der Waals surface area contributed by atoms with Crippen molar-refractivity contribution in [2.24, 2.45) is 0 Å². The van der Waals surface area contributed by atoms with Crippen LogP contribution in [0.25, 0.3) is 11.0 Å². The van der Waals surface area contributed by atoms with Crippen LogP contribution in [0.15, 0.2) is 41.2 Å². The topological polar surface area (TPSA) is 64.0 Å². The Bertz CT molecular complexity index is 1200. The number of halogens is 3. The lowest BCUT2D eigenvalue weighted by Crippen LogP contribution is -2.37. The largest absolute Gasteiger partial charge is 0.438 e. The zero-order chi connectivity index (χ0) is 22.9. The van der Waals surface area contributed by atoms with E-state index >= 15 is 0 Å². The molecule has 0 bridgehead atoms. The second kappa shape index (κ2) is 8.53. The Morgan fingerprint density at radius 2 is 1.77 bits per heavy atom. The number of benzene rings is 2. The molecule has 1 unspecified atom stereocenters. The van der Waals surface area contributed by atoms with Gasteiger partial charge in [0.15, 0.2) is 0 Å². The van der Waals surface area contributed by atoms with Gasteiger partial charge in [0.2, 0.25) is 11.6 Å². The number of nitrogens with one attached hydrogen (secondary N) is 1. The molecule has 1 amide bonds. The lowest BCUT2D eigenvalue weighted by atomic mass is 10.1. The Morgan fingerprint density at radius 1 is 1.13 bits per heavy atom. The predicted molar refractivity (Wildman–Crippen MR) is 114 cm³/mol. The molecule has 164 valence electrons. The van der Waals surface area contributed by atoms with Gasteiger partial charge in [-0.05, 0) is 61.6 Å². The summed E-state index contributed by atoms with van der Waals surface area (Å²) in [5, 5.41) is 2.79. The first-order chi connectivity index (χ1) is 14.6. The fourth-order valence-corrected chi connectivity index (χ4v) is 3.61. The molecule has 0 saturated carbocycles. The number of aryl methyl sites for hydroxylation is 3. The first-order valence-corrected chi connectivity index (χ1v) is 10.1. The molecular weight excluding hydrogens is 407 g/mol. The van der Waals surface area contributed by atoms with E-state index in [4.69, 9.17) is 0 Å². The number of amides is 1. The van der Waals surface area contributed by atoms with Crippen molar-refractivity contribution in [3.05, 3.63) is 69.1 Å². The molecule has 0 aliphatic rings. The Balaban J connectivity index is 2.22. The fraction of sp³-hybridized carbons (Fsp3) is 0.348. The van der Waals surface area contributed by atoms with E-state index in [1.807, 2.05) is 19.1 Å². The maximum atomic E-state index is 13.6. The van der Waals surface area contributed by atoms with Crippen molar-refractivity contribution in [1.29, 1.82) is 0 Å². The number of alkyl halides is 3. The van der Waals surface area contributed by atoms with Gasteiger partial charge in [-0.2, -0.15) is 13.2 Å². The number of carbonyl (C=O) groups excluding carboxylic acids is 1. The van der Waals surface area contributed by atoms with Crippen LogP contribution in [0.4, 0.5) is 18.9 Å². The van der Waals surface area contributed by atoms with Gasteiger partial charge in [0.1, 0.15) is 6.04 Å². The Hall–Kier alpha value is -3.16. The summed E-state index contributed by atoms with van der Waals surface area (Å²) >= 11 is 0. The van der Waals surface area contributed by atoms with E-state index in [0.29, 0.717) is 12.1 Å². The SMILES string of the molecule is CCc1ccccc1NC(=O)C(CC)n1c(=O)c(C(F)(F)F)nc2cc(C)c(C)cc21. The molecular formula is C23H24F3N3O2. The normalized spacial score (nSPS) is 12.7. The molecule has 1 N–H and O–H groups in total. The van der Waals surface area contributed by atoms with E-state index in [1.165, 1.54) is 6.07 Å². The van der Waals surface area contributed by atoms with E-state index in [1.54, 1.807) is 39.0 Å². The molecule has 3 rings (SSSR count). The maximum Gasteiger partial charge on any atom is 0.438 e. The molecule has 0 saturated heterocycles. The van der Waals surface area contributed by atoms with Crippen LogP contribution in [0.2, 0.25) is 0 Å². The van der Waals surface area contributed by atoms with Crippen molar-refractivity contribution in [2.45, 2.75) is 52.8 Å². The number of nitrogens with zero attached hydrogens (tertiary/aromatic N) is 2. The predicted octanol–water partition coefficient (Wildman–Crippen LogP) is 5.18. The number of para-hydroxylation sites is 1. The van der Waals surface area contributed by atoms with Crippen LogP contribution in [0.1, 0.15) is 48.7 Å². The third kappa shape index (κ3) is 4.33. The standard InChI is InChI=1S/C23H24F3N3O2/c1-5-15-9-7-8-10-16(15)28-21(30)18(6-2)29-19-12-14(4)13(3)11-17(19)27-20(22(29)31)23(24,25)26/h7-12,18H,5-6H2,1-4H3,(H,28,30). The number of fused-ring (bicyclic) bond motifs is 1. The highest BCUT2D eigenvalue weighted by Crippen LogP contribution is 2.29. The van der Waals surface area contributed by atoms with Crippen molar-refractivity contribution in [3.63, 3.8) is 0 Å². The highest BCUT2D eigenvalue weighted by Gasteiger charge is 2.38. The summed E-state index contributed by atoms with van der Waals surface area (Å²) in [6, 6.07) is 9.17. The van der Waals surface area contributed by atoms with Gasteiger partial charge < -0.3 is 5.32 Å². The average Bonchev–Trinajstić information content (AvgIpc) is 2.71. The van der Waals surface area contributed by atoms with Crippen molar-refractivity contribution in [1.82, 2.24) is 9.55 Å². The Morgan fingerprint density at radius 3 is 2.39 bits per heavy atom. The lowest BCUT2D eigenvalue weighted by molar-refractivity contribution is -0.142. The van der Waals surface area contributed by atoms with Gasteiger partial charge in [0.05, 0.1) is 11.0 Å².